The van der Waals surface area contributed by atoms with Crippen LogP contribution in [-0.2, 0) is 0 Å². The first-order valence-corrected chi connectivity index (χ1v) is 8.32. The molecule has 0 atom stereocenters. The minimum absolute atomic E-state index is 0.225. The zero-order chi connectivity index (χ0) is 19.1. The SMILES string of the molecule is CCOc1ccc(Nc2nccc(C(=O)Nc3ccc(C#N)cc3)n2)cc1. The average Bonchev–Trinajstić information content (AvgIpc) is 2.70. The zero-order valence-electron chi connectivity index (χ0n) is 14.6. The Bertz CT molecular complexity index is 963. The van der Waals surface area contributed by atoms with Crippen LogP contribution in [0.4, 0.5) is 17.3 Å². The largest absolute Gasteiger partial charge is 0.494 e. The smallest absolute Gasteiger partial charge is 0.274 e. The fourth-order valence-corrected chi connectivity index (χ4v) is 2.30. The Morgan fingerprint density at radius 3 is 2.44 bits per heavy atom. The van der Waals surface area contributed by atoms with Gasteiger partial charge in [0.2, 0.25) is 5.95 Å². The summed E-state index contributed by atoms with van der Waals surface area (Å²) in [6, 6.07) is 17.5. The molecule has 0 fully saturated rings. The molecule has 0 aliphatic carbocycles. The van der Waals surface area contributed by atoms with E-state index < -0.39 is 0 Å². The standard InChI is InChI=1S/C20H17N5O2/c1-2-27-17-9-7-16(8-10-17)24-20-22-12-11-18(25-20)19(26)23-15-5-3-14(13-21)4-6-15/h3-12H,2H2,1H3,(H,23,26)(H,22,24,25). The van der Waals surface area contributed by atoms with E-state index in [9.17, 15) is 4.79 Å². The molecule has 2 aromatic carbocycles. The zero-order valence-corrected chi connectivity index (χ0v) is 14.6. The molecule has 3 rings (SSSR count). The maximum atomic E-state index is 12.4. The van der Waals surface area contributed by atoms with E-state index in [0.717, 1.165) is 11.4 Å². The van der Waals surface area contributed by atoms with Crippen LogP contribution in [0.25, 0.3) is 0 Å². The van der Waals surface area contributed by atoms with Crippen LogP contribution in [0.15, 0.2) is 60.8 Å². The highest BCUT2D eigenvalue weighted by Gasteiger charge is 2.09. The fraction of sp³-hybridized carbons (Fsp3) is 0.100. The second-order valence-corrected chi connectivity index (χ2v) is 5.49. The third-order valence-corrected chi connectivity index (χ3v) is 3.58. The molecule has 1 heterocycles. The average molecular weight is 359 g/mol. The van der Waals surface area contributed by atoms with Crippen molar-refractivity contribution in [3.8, 4) is 11.8 Å². The van der Waals surface area contributed by atoms with Gasteiger partial charge in [-0.05, 0) is 61.5 Å². The van der Waals surface area contributed by atoms with Gasteiger partial charge in [0.1, 0.15) is 11.4 Å². The molecule has 0 aliphatic heterocycles. The Labute approximate surface area is 156 Å². The summed E-state index contributed by atoms with van der Waals surface area (Å²) in [4.78, 5) is 20.8. The number of anilines is 3. The number of aromatic nitrogens is 2. The second-order valence-electron chi connectivity index (χ2n) is 5.49. The number of amides is 1. The highest BCUT2D eigenvalue weighted by Crippen LogP contribution is 2.18. The van der Waals surface area contributed by atoms with E-state index in [2.05, 4.69) is 20.6 Å². The number of carbonyl (C=O) groups excluding carboxylic acids is 1. The minimum Gasteiger partial charge on any atom is -0.494 e. The molecule has 27 heavy (non-hydrogen) atoms. The summed E-state index contributed by atoms with van der Waals surface area (Å²) in [5.74, 6) is 0.725. The van der Waals surface area contributed by atoms with Crippen molar-refractivity contribution in [3.63, 3.8) is 0 Å². The van der Waals surface area contributed by atoms with Crippen LogP contribution in [0.5, 0.6) is 5.75 Å². The third-order valence-electron chi connectivity index (χ3n) is 3.58. The highest BCUT2D eigenvalue weighted by molar-refractivity contribution is 6.03. The molecule has 0 aliphatic rings. The first kappa shape index (κ1) is 17.9. The summed E-state index contributed by atoms with van der Waals surface area (Å²) in [5, 5.41) is 14.6. The maximum Gasteiger partial charge on any atom is 0.274 e. The molecule has 7 heteroatoms. The molecular weight excluding hydrogens is 342 g/mol. The number of nitrogens with zero attached hydrogens (tertiary/aromatic N) is 3. The van der Waals surface area contributed by atoms with Gasteiger partial charge in [-0.2, -0.15) is 5.26 Å². The molecule has 7 nitrogen and oxygen atoms in total. The Hall–Kier alpha value is -3.92. The van der Waals surface area contributed by atoms with E-state index in [-0.39, 0.29) is 11.6 Å². The molecule has 0 saturated carbocycles. The topological polar surface area (TPSA) is 99.9 Å². The van der Waals surface area contributed by atoms with Gasteiger partial charge >= 0.3 is 0 Å². The number of carbonyl (C=O) groups is 1. The van der Waals surface area contributed by atoms with Crippen molar-refractivity contribution in [2.45, 2.75) is 6.92 Å². The van der Waals surface area contributed by atoms with Gasteiger partial charge in [-0.15, -0.1) is 0 Å². The predicted octanol–water partition coefficient (Wildman–Crippen LogP) is 3.74. The summed E-state index contributed by atoms with van der Waals surface area (Å²) < 4.78 is 5.40. The fourth-order valence-electron chi connectivity index (χ4n) is 2.30. The summed E-state index contributed by atoms with van der Waals surface area (Å²) >= 11 is 0. The van der Waals surface area contributed by atoms with Crippen molar-refractivity contribution in [2.24, 2.45) is 0 Å². The van der Waals surface area contributed by atoms with E-state index in [0.29, 0.717) is 23.8 Å². The van der Waals surface area contributed by atoms with Gasteiger partial charge in [0, 0.05) is 17.6 Å². The molecule has 0 saturated heterocycles. The van der Waals surface area contributed by atoms with Gasteiger partial charge in [-0.1, -0.05) is 0 Å². The summed E-state index contributed by atoms with van der Waals surface area (Å²) in [7, 11) is 0. The molecule has 1 aromatic heterocycles. The van der Waals surface area contributed by atoms with Crippen LogP contribution < -0.4 is 15.4 Å². The highest BCUT2D eigenvalue weighted by atomic mass is 16.5. The van der Waals surface area contributed by atoms with Gasteiger partial charge in [0.25, 0.3) is 5.91 Å². The molecule has 134 valence electrons. The van der Waals surface area contributed by atoms with Crippen LogP contribution >= 0.6 is 0 Å². The molecule has 0 bridgehead atoms. The summed E-state index contributed by atoms with van der Waals surface area (Å²) in [6.07, 6.45) is 1.51. The summed E-state index contributed by atoms with van der Waals surface area (Å²) in [6.45, 7) is 2.53. The van der Waals surface area contributed by atoms with Gasteiger partial charge in [-0.25, -0.2) is 9.97 Å². The van der Waals surface area contributed by atoms with E-state index in [1.807, 2.05) is 37.3 Å². The minimum atomic E-state index is -0.364. The number of nitriles is 1. The monoisotopic (exact) mass is 359 g/mol. The third kappa shape index (κ3) is 4.80. The number of hydrogen-bond donors (Lipinski definition) is 2. The maximum absolute atomic E-state index is 12.4. The van der Waals surface area contributed by atoms with Gasteiger partial charge in [0.15, 0.2) is 0 Å². The normalized spacial score (nSPS) is 9.93. The van der Waals surface area contributed by atoms with Crippen LogP contribution in [0.2, 0.25) is 0 Å². The second kappa shape index (κ2) is 8.45. The predicted molar refractivity (Wildman–Crippen MR) is 102 cm³/mol. The van der Waals surface area contributed by atoms with Crippen LogP contribution in [0.1, 0.15) is 23.0 Å². The van der Waals surface area contributed by atoms with Crippen molar-refractivity contribution >= 4 is 23.2 Å². The van der Waals surface area contributed by atoms with Gasteiger partial charge in [0.05, 0.1) is 18.2 Å². The van der Waals surface area contributed by atoms with Gasteiger partial charge < -0.3 is 15.4 Å². The first-order valence-electron chi connectivity index (χ1n) is 8.32. The first-order chi connectivity index (χ1) is 13.2. The Morgan fingerprint density at radius 2 is 1.78 bits per heavy atom. The molecule has 0 spiro atoms. The lowest BCUT2D eigenvalue weighted by molar-refractivity contribution is 0.102. The van der Waals surface area contributed by atoms with Crippen LogP contribution in [0, 0.1) is 11.3 Å². The quantitative estimate of drug-likeness (QED) is 0.695. The number of hydrogen-bond acceptors (Lipinski definition) is 6. The van der Waals surface area contributed by atoms with E-state index in [1.165, 1.54) is 12.3 Å². The number of nitrogens with one attached hydrogen (secondary N) is 2. The van der Waals surface area contributed by atoms with Gasteiger partial charge in [-0.3, -0.25) is 4.79 Å². The van der Waals surface area contributed by atoms with Crippen LogP contribution in [-0.4, -0.2) is 22.5 Å². The number of ether oxygens (including phenoxy) is 1. The van der Waals surface area contributed by atoms with Crippen molar-refractivity contribution < 1.29 is 9.53 Å². The molecule has 0 radical (unpaired) electrons. The van der Waals surface area contributed by atoms with Crippen molar-refractivity contribution in [3.05, 3.63) is 72.1 Å². The van der Waals surface area contributed by atoms with Crippen molar-refractivity contribution in [1.82, 2.24) is 9.97 Å². The lowest BCUT2D eigenvalue weighted by atomic mass is 10.2. The van der Waals surface area contributed by atoms with E-state index in [4.69, 9.17) is 10.00 Å². The van der Waals surface area contributed by atoms with Crippen LogP contribution in [0.3, 0.4) is 0 Å². The molecule has 0 unspecified atom stereocenters. The Kier molecular flexibility index (Phi) is 5.60. The Morgan fingerprint density at radius 1 is 1.07 bits per heavy atom. The molecule has 2 N–H and O–H groups in total. The van der Waals surface area contributed by atoms with E-state index >= 15 is 0 Å². The lowest BCUT2D eigenvalue weighted by Crippen LogP contribution is -2.14. The Balaban J connectivity index is 1.68. The van der Waals surface area contributed by atoms with Crippen molar-refractivity contribution in [1.29, 1.82) is 5.26 Å². The molecular formula is C20H17N5O2. The van der Waals surface area contributed by atoms with E-state index in [1.54, 1.807) is 24.3 Å². The summed E-state index contributed by atoms with van der Waals surface area (Å²) in [5.41, 5.74) is 2.11. The van der Waals surface area contributed by atoms with Crippen molar-refractivity contribution in [2.75, 3.05) is 17.2 Å². The number of benzene rings is 2. The lowest BCUT2D eigenvalue weighted by Gasteiger charge is -2.08. The number of rotatable bonds is 6. The molecule has 3 aromatic rings. The molecule has 1 amide bonds.